The number of piperazine rings is 1. The summed E-state index contributed by atoms with van der Waals surface area (Å²) in [6, 6.07) is 8.15. The fourth-order valence-corrected chi connectivity index (χ4v) is 5.56. The van der Waals surface area contributed by atoms with Crippen LogP contribution >= 0.6 is 22.9 Å². The van der Waals surface area contributed by atoms with Crippen molar-refractivity contribution in [2.45, 2.75) is 26.2 Å². The van der Waals surface area contributed by atoms with E-state index in [1.54, 1.807) is 0 Å². The third-order valence-corrected chi connectivity index (χ3v) is 6.87. The first kappa shape index (κ1) is 16.3. The number of thiophene rings is 1. The van der Waals surface area contributed by atoms with Crippen LogP contribution in [0.3, 0.4) is 0 Å². The first-order chi connectivity index (χ1) is 12.7. The zero-order valence-corrected chi connectivity index (χ0v) is 16.4. The molecule has 0 N–H and O–H groups in total. The molecule has 1 fully saturated rings. The Balaban J connectivity index is 1.44. The molecule has 4 nitrogen and oxygen atoms in total. The molecular formula is C20H21ClN4S. The van der Waals surface area contributed by atoms with Crippen molar-refractivity contribution in [2.75, 3.05) is 36.0 Å². The van der Waals surface area contributed by atoms with Crippen molar-refractivity contribution >= 4 is 44.7 Å². The van der Waals surface area contributed by atoms with Gasteiger partial charge in [0.1, 0.15) is 16.5 Å². The number of hydrogen-bond acceptors (Lipinski definition) is 5. The van der Waals surface area contributed by atoms with E-state index >= 15 is 0 Å². The Morgan fingerprint density at radius 2 is 1.69 bits per heavy atom. The Morgan fingerprint density at radius 3 is 2.46 bits per heavy atom. The van der Waals surface area contributed by atoms with Gasteiger partial charge in [0.25, 0.3) is 0 Å². The van der Waals surface area contributed by atoms with Gasteiger partial charge in [-0.15, -0.1) is 11.3 Å². The molecule has 0 bridgehead atoms. The monoisotopic (exact) mass is 384 g/mol. The molecule has 0 spiro atoms. The van der Waals surface area contributed by atoms with Crippen molar-refractivity contribution in [3.05, 3.63) is 45.6 Å². The summed E-state index contributed by atoms with van der Waals surface area (Å²) >= 11 is 7.90. The van der Waals surface area contributed by atoms with Crippen LogP contribution in [-0.4, -0.2) is 36.1 Å². The molecule has 0 unspecified atom stereocenters. The summed E-state index contributed by atoms with van der Waals surface area (Å²) in [6.07, 6.45) is 3.66. The van der Waals surface area contributed by atoms with Crippen LogP contribution in [0.25, 0.3) is 10.2 Å². The van der Waals surface area contributed by atoms with E-state index in [0.717, 1.165) is 42.8 Å². The molecule has 134 valence electrons. The summed E-state index contributed by atoms with van der Waals surface area (Å²) in [5.41, 5.74) is 2.76. The third-order valence-electron chi connectivity index (χ3n) is 5.43. The van der Waals surface area contributed by atoms with E-state index < -0.39 is 0 Å². The summed E-state index contributed by atoms with van der Waals surface area (Å²) in [6.45, 7) is 5.98. The average molecular weight is 385 g/mol. The lowest BCUT2D eigenvalue weighted by Gasteiger charge is -2.37. The zero-order chi connectivity index (χ0) is 17.7. The lowest BCUT2D eigenvalue weighted by Crippen LogP contribution is -2.47. The SMILES string of the molecule is Cc1nc(N2CCN(c3ccc(Cl)cc3)CC2)c2c3c(sc2n1)CCC3. The Labute approximate surface area is 162 Å². The predicted molar refractivity (Wildman–Crippen MR) is 110 cm³/mol. The molecule has 5 rings (SSSR count). The molecule has 3 aromatic rings. The smallest absolute Gasteiger partial charge is 0.141 e. The summed E-state index contributed by atoms with van der Waals surface area (Å²) in [4.78, 5) is 17.2. The van der Waals surface area contributed by atoms with Crippen molar-refractivity contribution in [3.63, 3.8) is 0 Å². The molecule has 0 saturated carbocycles. The molecular weight excluding hydrogens is 364 g/mol. The fourth-order valence-electron chi connectivity index (χ4n) is 4.14. The second-order valence-corrected chi connectivity index (χ2v) is 8.60. The van der Waals surface area contributed by atoms with Gasteiger partial charge in [-0.05, 0) is 56.0 Å². The molecule has 1 aromatic carbocycles. The Kier molecular flexibility index (Phi) is 4.02. The van der Waals surface area contributed by atoms with E-state index in [1.807, 2.05) is 30.4 Å². The first-order valence-electron chi connectivity index (χ1n) is 9.23. The first-order valence-corrected chi connectivity index (χ1v) is 10.4. The molecule has 3 heterocycles. The number of nitrogens with zero attached hydrogens (tertiary/aromatic N) is 4. The molecule has 1 aliphatic carbocycles. The minimum atomic E-state index is 0.789. The van der Waals surface area contributed by atoms with Gasteiger partial charge in [-0.25, -0.2) is 9.97 Å². The number of aromatic nitrogens is 2. The largest absolute Gasteiger partial charge is 0.368 e. The molecule has 2 aliphatic rings. The molecule has 0 amide bonds. The van der Waals surface area contributed by atoms with Crippen LogP contribution in [0.5, 0.6) is 0 Å². The number of fused-ring (bicyclic) bond motifs is 3. The van der Waals surface area contributed by atoms with Gasteiger partial charge in [-0.1, -0.05) is 11.6 Å². The molecule has 2 aromatic heterocycles. The van der Waals surface area contributed by atoms with Gasteiger partial charge in [-0.2, -0.15) is 0 Å². The van der Waals surface area contributed by atoms with E-state index in [-0.39, 0.29) is 0 Å². The highest BCUT2D eigenvalue weighted by Crippen LogP contribution is 2.40. The fraction of sp³-hybridized carbons (Fsp3) is 0.400. The van der Waals surface area contributed by atoms with Gasteiger partial charge in [0.05, 0.1) is 5.39 Å². The Hall–Kier alpha value is -1.85. The van der Waals surface area contributed by atoms with Crippen molar-refractivity contribution in [1.82, 2.24) is 9.97 Å². The maximum atomic E-state index is 6.02. The maximum absolute atomic E-state index is 6.02. The van der Waals surface area contributed by atoms with Crippen LogP contribution in [0.1, 0.15) is 22.7 Å². The van der Waals surface area contributed by atoms with Gasteiger partial charge in [0.2, 0.25) is 0 Å². The predicted octanol–water partition coefficient (Wildman–Crippen LogP) is 4.47. The number of hydrogen-bond donors (Lipinski definition) is 0. The van der Waals surface area contributed by atoms with Gasteiger partial charge in [0.15, 0.2) is 0 Å². The average Bonchev–Trinajstić information content (AvgIpc) is 3.22. The highest BCUT2D eigenvalue weighted by Gasteiger charge is 2.26. The summed E-state index contributed by atoms with van der Waals surface area (Å²) in [7, 11) is 0. The molecule has 1 aliphatic heterocycles. The minimum absolute atomic E-state index is 0.789. The van der Waals surface area contributed by atoms with Crippen LogP contribution < -0.4 is 9.80 Å². The number of benzene rings is 1. The minimum Gasteiger partial charge on any atom is -0.368 e. The molecule has 1 saturated heterocycles. The Morgan fingerprint density at radius 1 is 0.962 bits per heavy atom. The number of halogens is 1. The van der Waals surface area contributed by atoms with E-state index in [2.05, 4.69) is 21.9 Å². The summed E-state index contributed by atoms with van der Waals surface area (Å²) in [5, 5.41) is 2.12. The standard InChI is InChI=1S/C20H21ClN4S/c1-13-22-19(18-16-3-2-4-17(16)26-20(18)23-13)25-11-9-24(10-12-25)15-7-5-14(21)6-8-15/h5-8H,2-4,9-12H2,1H3. The van der Waals surface area contributed by atoms with Crippen LogP contribution in [0, 0.1) is 6.92 Å². The molecule has 26 heavy (non-hydrogen) atoms. The van der Waals surface area contributed by atoms with Crippen LogP contribution in [0.15, 0.2) is 24.3 Å². The zero-order valence-electron chi connectivity index (χ0n) is 14.8. The normalized spacial score (nSPS) is 17.2. The number of anilines is 2. The molecule has 6 heteroatoms. The van der Waals surface area contributed by atoms with Crippen molar-refractivity contribution in [3.8, 4) is 0 Å². The van der Waals surface area contributed by atoms with E-state index in [4.69, 9.17) is 21.6 Å². The van der Waals surface area contributed by atoms with E-state index in [9.17, 15) is 0 Å². The Bertz CT molecular complexity index is 958. The van der Waals surface area contributed by atoms with Gasteiger partial charge in [-0.3, -0.25) is 0 Å². The van der Waals surface area contributed by atoms with Gasteiger partial charge >= 0.3 is 0 Å². The number of aryl methyl sites for hydroxylation is 3. The van der Waals surface area contributed by atoms with Crippen molar-refractivity contribution < 1.29 is 0 Å². The van der Waals surface area contributed by atoms with Crippen molar-refractivity contribution in [2.24, 2.45) is 0 Å². The third kappa shape index (κ3) is 2.74. The maximum Gasteiger partial charge on any atom is 0.141 e. The van der Waals surface area contributed by atoms with Crippen LogP contribution in [-0.2, 0) is 12.8 Å². The van der Waals surface area contributed by atoms with Gasteiger partial charge in [0, 0.05) is 41.8 Å². The summed E-state index contributed by atoms with van der Waals surface area (Å²) in [5.74, 6) is 2.04. The second-order valence-electron chi connectivity index (χ2n) is 7.08. The van der Waals surface area contributed by atoms with Crippen LogP contribution in [0.4, 0.5) is 11.5 Å². The van der Waals surface area contributed by atoms with E-state index in [0.29, 0.717) is 0 Å². The van der Waals surface area contributed by atoms with Crippen molar-refractivity contribution in [1.29, 1.82) is 0 Å². The lowest BCUT2D eigenvalue weighted by molar-refractivity contribution is 0.648. The molecule has 0 atom stereocenters. The highest BCUT2D eigenvalue weighted by molar-refractivity contribution is 7.19. The van der Waals surface area contributed by atoms with E-state index in [1.165, 1.54) is 45.6 Å². The van der Waals surface area contributed by atoms with Gasteiger partial charge < -0.3 is 9.80 Å². The highest BCUT2D eigenvalue weighted by atomic mass is 35.5. The second kappa shape index (κ2) is 6.39. The quantitative estimate of drug-likeness (QED) is 0.652. The summed E-state index contributed by atoms with van der Waals surface area (Å²) < 4.78 is 0. The number of rotatable bonds is 2. The lowest BCUT2D eigenvalue weighted by atomic mass is 10.1. The molecule has 0 radical (unpaired) electrons. The topological polar surface area (TPSA) is 32.3 Å². The van der Waals surface area contributed by atoms with Crippen LogP contribution in [0.2, 0.25) is 5.02 Å².